The molecule has 0 aromatic heterocycles. The smallest absolute Gasteiger partial charge is 0.246 e. The van der Waals surface area contributed by atoms with E-state index in [4.69, 9.17) is 23.2 Å². The first-order chi connectivity index (χ1) is 14.2. The Morgan fingerprint density at radius 2 is 1.80 bits per heavy atom. The lowest BCUT2D eigenvalue weighted by Gasteiger charge is -2.36. The van der Waals surface area contributed by atoms with E-state index in [0.29, 0.717) is 31.3 Å². The van der Waals surface area contributed by atoms with E-state index in [2.05, 4.69) is 24.1 Å². The number of hydrogen-bond acceptors (Lipinski definition) is 4. The van der Waals surface area contributed by atoms with E-state index in [9.17, 15) is 13.2 Å². The van der Waals surface area contributed by atoms with Crippen LogP contribution in [0.25, 0.3) is 0 Å². The second kappa shape index (κ2) is 10.2. The van der Waals surface area contributed by atoms with Crippen LogP contribution in [0.15, 0.2) is 23.1 Å². The van der Waals surface area contributed by atoms with Gasteiger partial charge in [0.15, 0.2) is 0 Å². The summed E-state index contributed by atoms with van der Waals surface area (Å²) in [7, 11) is -3.79. The fourth-order valence-electron chi connectivity index (χ4n) is 4.36. The van der Waals surface area contributed by atoms with Gasteiger partial charge in [-0.25, -0.2) is 8.42 Å². The van der Waals surface area contributed by atoms with Gasteiger partial charge in [0.2, 0.25) is 15.9 Å². The third kappa shape index (κ3) is 5.49. The van der Waals surface area contributed by atoms with Gasteiger partial charge in [-0.3, -0.25) is 9.69 Å². The number of amides is 1. The summed E-state index contributed by atoms with van der Waals surface area (Å²) in [6, 6.07) is 4.96. The molecule has 2 heterocycles. The van der Waals surface area contributed by atoms with Crippen LogP contribution in [0, 0.1) is 11.8 Å². The zero-order valence-corrected chi connectivity index (χ0v) is 19.9. The molecule has 0 saturated carbocycles. The maximum Gasteiger partial charge on any atom is 0.246 e. The number of sulfonamides is 1. The van der Waals surface area contributed by atoms with Crippen molar-refractivity contribution in [2.75, 3.05) is 32.7 Å². The predicted octanol–water partition coefficient (Wildman–Crippen LogP) is 3.63. The largest absolute Gasteiger partial charge is 0.354 e. The van der Waals surface area contributed by atoms with Gasteiger partial charge in [-0.15, -0.1) is 0 Å². The van der Waals surface area contributed by atoms with Gasteiger partial charge in [0, 0.05) is 38.1 Å². The van der Waals surface area contributed by atoms with Gasteiger partial charge in [0.05, 0.1) is 10.0 Å². The second-order valence-electron chi connectivity index (χ2n) is 8.57. The molecule has 2 aliphatic heterocycles. The normalized spacial score (nSPS) is 23.3. The number of nitrogens with one attached hydrogen (secondary N) is 1. The molecule has 1 amide bonds. The van der Waals surface area contributed by atoms with Crippen molar-refractivity contribution in [3.05, 3.63) is 28.2 Å². The number of carbonyl (C=O) groups excluding carboxylic acids is 1. The standard InChI is InChI=1S/C21H31Cl2N3O3S/c1-15-5-4-10-25(14-15)16(2)13-24-21(27)17-8-11-26(12-9-17)30(28,29)20-18(22)6-3-7-19(20)23/h3,6-7,15-17H,4-5,8-14H2,1-2H3,(H,24,27). The molecule has 0 aliphatic carbocycles. The van der Waals surface area contributed by atoms with E-state index in [1.165, 1.54) is 29.3 Å². The monoisotopic (exact) mass is 475 g/mol. The molecule has 30 heavy (non-hydrogen) atoms. The quantitative estimate of drug-likeness (QED) is 0.681. The Bertz CT molecular complexity index is 837. The van der Waals surface area contributed by atoms with Gasteiger partial charge in [0.1, 0.15) is 4.90 Å². The van der Waals surface area contributed by atoms with Gasteiger partial charge in [-0.05, 0) is 57.2 Å². The van der Waals surface area contributed by atoms with Crippen molar-refractivity contribution in [3.8, 4) is 0 Å². The maximum atomic E-state index is 13.0. The fraction of sp³-hybridized carbons (Fsp3) is 0.667. The topological polar surface area (TPSA) is 69.7 Å². The molecule has 2 unspecified atom stereocenters. The Morgan fingerprint density at radius 3 is 2.40 bits per heavy atom. The average Bonchev–Trinajstić information content (AvgIpc) is 2.71. The van der Waals surface area contributed by atoms with Gasteiger partial charge < -0.3 is 5.32 Å². The van der Waals surface area contributed by atoms with Crippen LogP contribution in [0.1, 0.15) is 39.5 Å². The molecule has 2 fully saturated rings. The minimum atomic E-state index is -3.79. The molecule has 0 radical (unpaired) electrons. The van der Waals surface area contributed by atoms with E-state index in [0.717, 1.165) is 13.1 Å². The molecular weight excluding hydrogens is 445 g/mol. The molecule has 9 heteroatoms. The second-order valence-corrected chi connectivity index (χ2v) is 11.3. The van der Waals surface area contributed by atoms with Crippen LogP contribution in [-0.2, 0) is 14.8 Å². The molecule has 3 rings (SSSR count). The molecule has 1 aromatic rings. The Kier molecular flexibility index (Phi) is 8.07. The number of nitrogens with zero attached hydrogens (tertiary/aromatic N) is 2. The summed E-state index contributed by atoms with van der Waals surface area (Å²) in [5.41, 5.74) is 0. The highest BCUT2D eigenvalue weighted by Gasteiger charge is 2.34. The Balaban J connectivity index is 1.52. The van der Waals surface area contributed by atoms with Crippen molar-refractivity contribution in [1.82, 2.24) is 14.5 Å². The SMILES string of the molecule is CC1CCCN(C(C)CNC(=O)C2CCN(S(=O)(=O)c3c(Cl)cccc3Cl)CC2)C1. The predicted molar refractivity (Wildman–Crippen MR) is 120 cm³/mol. The number of piperidine rings is 2. The molecule has 2 atom stereocenters. The van der Waals surface area contributed by atoms with Crippen molar-refractivity contribution < 1.29 is 13.2 Å². The van der Waals surface area contributed by atoms with Crippen LogP contribution in [0.3, 0.4) is 0 Å². The highest BCUT2D eigenvalue weighted by atomic mass is 35.5. The molecule has 2 aliphatic rings. The molecule has 168 valence electrons. The van der Waals surface area contributed by atoms with E-state index in [-0.39, 0.29) is 39.9 Å². The summed E-state index contributed by atoms with van der Waals surface area (Å²) < 4.78 is 27.3. The number of rotatable bonds is 6. The van der Waals surface area contributed by atoms with Crippen LogP contribution in [0.5, 0.6) is 0 Å². The first kappa shape index (κ1) is 23.8. The zero-order chi connectivity index (χ0) is 21.9. The van der Waals surface area contributed by atoms with Gasteiger partial charge in [-0.2, -0.15) is 4.31 Å². The van der Waals surface area contributed by atoms with Crippen molar-refractivity contribution in [1.29, 1.82) is 0 Å². The summed E-state index contributed by atoms with van der Waals surface area (Å²) >= 11 is 12.2. The number of halogens is 2. The summed E-state index contributed by atoms with van der Waals surface area (Å²) in [6.45, 7) is 7.78. The lowest BCUT2D eigenvalue weighted by Crippen LogP contribution is -2.48. The Morgan fingerprint density at radius 1 is 1.17 bits per heavy atom. The first-order valence-electron chi connectivity index (χ1n) is 10.7. The number of carbonyl (C=O) groups is 1. The Hall–Kier alpha value is -0.860. The van der Waals surface area contributed by atoms with Crippen LogP contribution in [0.4, 0.5) is 0 Å². The number of likely N-dealkylation sites (tertiary alicyclic amines) is 1. The third-order valence-electron chi connectivity index (χ3n) is 6.23. The molecule has 1 N–H and O–H groups in total. The number of benzene rings is 1. The van der Waals surface area contributed by atoms with Gasteiger partial charge in [-0.1, -0.05) is 36.2 Å². The molecule has 0 spiro atoms. The van der Waals surface area contributed by atoms with Crippen LogP contribution < -0.4 is 5.32 Å². The molecular formula is C21H31Cl2N3O3S. The highest BCUT2D eigenvalue weighted by Crippen LogP contribution is 2.33. The minimum absolute atomic E-state index is 0.0136. The molecule has 6 nitrogen and oxygen atoms in total. The summed E-state index contributed by atoms with van der Waals surface area (Å²) in [6.07, 6.45) is 3.46. The zero-order valence-electron chi connectivity index (χ0n) is 17.6. The summed E-state index contributed by atoms with van der Waals surface area (Å²) in [4.78, 5) is 15.0. The van der Waals surface area contributed by atoms with E-state index >= 15 is 0 Å². The number of hydrogen-bond donors (Lipinski definition) is 1. The lowest BCUT2D eigenvalue weighted by atomic mass is 9.97. The van der Waals surface area contributed by atoms with Crippen LogP contribution in [-0.4, -0.2) is 62.3 Å². The molecule has 2 saturated heterocycles. The third-order valence-corrected chi connectivity index (χ3v) is 9.08. The van der Waals surface area contributed by atoms with Crippen molar-refractivity contribution in [2.45, 2.75) is 50.5 Å². The minimum Gasteiger partial charge on any atom is -0.354 e. The van der Waals surface area contributed by atoms with E-state index in [1.807, 2.05) is 0 Å². The Labute approximate surface area is 189 Å². The highest BCUT2D eigenvalue weighted by molar-refractivity contribution is 7.89. The van der Waals surface area contributed by atoms with Crippen molar-refractivity contribution >= 4 is 39.1 Å². The first-order valence-corrected chi connectivity index (χ1v) is 12.9. The summed E-state index contributed by atoms with van der Waals surface area (Å²) in [5.74, 6) is 0.542. The fourth-order valence-corrected chi connectivity index (χ4v) is 6.93. The molecule has 0 bridgehead atoms. The maximum absolute atomic E-state index is 13.0. The van der Waals surface area contributed by atoms with Gasteiger partial charge >= 0.3 is 0 Å². The van der Waals surface area contributed by atoms with Crippen molar-refractivity contribution in [2.24, 2.45) is 11.8 Å². The average molecular weight is 476 g/mol. The lowest BCUT2D eigenvalue weighted by molar-refractivity contribution is -0.126. The van der Waals surface area contributed by atoms with Crippen LogP contribution >= 0.6 is 23.2 Å². The van der Waals surface area contributed by atoms with E-state index < -0.39 is 10.0 Å². The summed E-state index contributed by atoms with van der Waals surface area (Å²) in [5, 5.41) is 3.31. The molecule has 1 aromatic carbocycles. The van der Waals surface area contributed by atoms with E-state index in [1.54, 1.807) is 6.07 Å². The van der Waals surface area contributed by atoms with Crippen LogP contribution in [0.2, 0.25) is 10.0 Å². The van der Waals surface area contributed by atoms with Crippen molar-refractivity contribution in [3.63, 3.8) is 0 Å². The van der Waals surface area contributed by atoms with Gasteiger partial charge in [0.25, 0.3) is 0 Å².